The first-order valence-corrected chi connectivity index (χ1v) is 8.06. The molecule has 5 nitrogen and oxygen atoms in total. The molecular weight excluding hydrogens is 370 g/mol. The van der Waals surface area contributed by atoms with E-state index in [1.54, 1.807) is 14.0 Å². The minimum Gasteiger partial charge on any atom is -0.493 e. The lowest BCUT2D eigenvalue weighted by Gasteiger charge is -2.27. The number of carbonyl (C=O) groups excluding carboxylic acids is 1. The van der Waals surface area contributed by atoms with E-state index in [4.69, 9.17) is 16.3 Å². The Bertz CT molecular complexity index is 745. The number of carbonyl (C=O) groups is 1. The van der Waals surface area contributed by atoms with E-state index in [-0.39, 0.29) is 11.9 Å². The number of fused-ring (bicyclic) bond motifs is 1. The molecule has 2 aromatic rings. The Hall–Kier alpha value is -1.53. The molecule has 1 atom stereocenters. The average Bonchev–Trinajstić information content (AvgIpc) is 2.72. The van der Waals surface area contributed by atoms with Crippen LogP contribution in [-0.4, -0.2) is 22.3 Å². The number of benzene rings is 1. The first-order valence-electron chi connectivity index (χ1n) is 6.89. The van der Waals surface area contributed by atoms with Crippen LogP contribution in [0.3, 0.4) is 0 Å². The van der Waals surface area contributed by atoms with Crippen molar-refractivity contribution < 1.29 is 9.53 Å². The highest BCUT2D eigenvalue weighted by atomic mass is 79.9. The van der Waals surface area contributed by atoms with E-state index >= 15 is 0 Å². The number of aromatic nitrogens is 2. The molecule has 1 N–H and O–H groups in total. The van der Waals surface area contributed by atoms with Gasteiger partial charge in [0.2, 0.25) is 0 Å². The second-order valence-electron chi connectivity index (χ2n) is 5.22. The quantitative estimate of drug-likeness (QED) is 0.863. The molecule has 0 saturated carbocycles. The zero-order valence-corrected chi connectivity index (χ0v) is 14.5. The van der Waals surface area contributed by atoms with Crippen LogP contribution in [0.15, 0.2) is 22.7 Å². The van der Waals surface area contributed by atoms with Crippen molar-refractivity contribution in [2.45, 2.75) is 19.4 Å². The van der Waals surface area contributed by atoms with Crippen LogP contribution in [0.2, 0.25) is 5.15 Å². The van der Waals surface area contributed by atoms with Gasteiger partial charge in [0.25, 0.3) is 5.91 Å². The zero-order valence-electron chi connectivity index (χ0n) is 12.2. The van der Waals surface area contributed by atoms with Gasteiger partial charge in [-0.3, -0.25) is 9.48 Å². The summed E-state index contributed by atoms with van der Waals surface area (Å²) in [5, 5.41) is 7.55. The smallest absolute Gasteiger partial charge is 0.256 e. The van der Waals surface area contributed by atoms with E-state index in [1.807, 2.05) is 18.2 Å². The number of hydrogen-bond donors (Lipinski definition) is 1. The maximum atomic E-state index is 12.6. The summed E-state index contributed by atoms with van der Waals surface area (Å²) in [6, 6.07) is 5.69. The van der Waals surface area contributed by atoms with Crippen LogP contribution in [0.5, 0.6) is 5.75 Å². The fraction of sp³-hybridized carbons (Fsp3) is 0.333. The van der Waals surface area contributed by atoms with Crippen molar-refractivity contribution in [3.63, 3.8) is 0 Å². The highest BCUT2D eigenvalue weighted by Gasteiger charge is 2.26. The normalized spacial score (nSPS) is 16.8. The van der Waals surface area contributed by atoms with Crippen molar-refractivity contribution in [2.24, 2.45) is 7.05 Å². The fourth-order valence-corrected chi connectivity index (χ4v) is 3.27. The van der Waals surface area contributed by atoms with Crippen molar-refractivity contribution in [3.05, 3.63) is 44.6 Å². The van der Waals surface area contributed by atoms with E-state index in [0.29, 0.717) is 29.4 Å². The standard InChI is InChI=1S/C15H15BrClN3O2/c1-8-13(14(17)20(2)19-8)15(21)18-11-5-6-22-12-4-3-9(16)7-10(11)12/h3-4,7,11H,5-6H2,1-2H3,(H,18,21). The number of ether oxygens (including phenoxy) is 1. The van der Waals surface area contributed by atoms with Crippen molar-refractivity contribution in [1.29, 1.82) is 0 Å². The molecular formula is C15H15BrClN3O2. The van der Waals surface area contributed by atoms with Crippen molar-refractivity contribution in [1.82, 2.24) is 15.1 Å². The molecule has 0 radical (unpaired) electrons. The van der Waals surface area contributed by atoms with Crippen molar-refractivity contribution >= 4 is 33.4 Å². The lowest BCUT2D eigenvalue weighted by atomic mass is 10.00. The molecule has 1 amide bonds. The van der Waals surface area contributed by atoms with Gasteiger partial charge in [-0.15, -0.1) is 0 Å². The maximum Gasteiger partial charge on any atom is 0.256 e. The van der Waals surface area contributed by atoms with Gasteiger partial charge in [0.05, 0.1) is 23.9 Å². The summed E-state index contributed by atoms with van der Waals surface area (Å²) in [6.45, 7) is 2.34. The Labute approximate surface area is 141 Å². The second-order valence-corrected chi connectivity index (χ2v) is 6.49. The Morgan fingerprint density at radius 3 is 3.00 bits per heavy atom. The summed E-state index contributed by atoms with van der Waals surface area (Å²) in [5.41, 5.74) is 2.00. The Balaban J connectivity index is 1.88. The van der Waals surface area contributed by atoms with Crippen LogP contribution in [0.1, 0.15) is 34.1 Å². The van der Waals surface area contributed by atoms with E-state index in [0.717, 1.165) is 15.8 Å². The third-order valence-electron chi connectivity index (χ3n) is 3.70. The van der Waals surface area contributed by atoms with Crippen LogP contribution in [0.4, 0.5) is 0 Å². The van der Waals surface area contributed by atoms with E-state index in [9.17, 15) is 4.79 Å². The molecule has 1 aromatic carbocycles. The lowest BCUT2D eigenvalue weighted by molar-refractivity contribution is 0.0924. The molecule has 0 bridgehead atoms. The predicted octanol–water partition coefficient (Wildman–Crippen LogP) is 3.40. The number of hydrogen-bond acceptors (Lipinski definition) is 3. The highest BCUT2D eigenvalue weighted by molar-refractivity contribution is 9.10. The SMILES string of the molecule is Cc1nn(C)c(Cl)c1C(=O)NC1CCOc2ccc(Br)cc21. The van der Waals surface area contributed by atoms with E-state index in [2.05, 4.69) is 26.3 Å². The summed E-state index contributed by atoms with van der Waals surface area (Å²) in [4.78, 5) is 12.6. The summed E-state index contributed by atoms with van der Waals surface area (Å²) >= 11 is 9.61. The Morgan fingerprint density at radius 1 is 1.55 bits per heavy atom. The van der Waals surface area contributed by atoms with Gasteiger partial charge >= 0.3 is 0 Å². The van der Waals surface area contributed by atoms with Gasteiger partial charge in [-0.05, 0) is 25.1 Å². The molecule has 3 rings (SSSR count). The van der Waals surface area contributed by atoms with Gasteiger partial charge in [-0.2, -0.15) is 5.10 Å². The number of rotatable bonds is 2. The Kier molecular flexibility index (Phi) is 4.14. The van der Waals surface area contributed by atoms with Crippen LogP contribution in [-0.2, 0) is 7.05 Å². The predicted molar refractivity (Wildman–Crippen MR) is 87.4 cm³/mol. The third-order valence-corrected chi connectivity index (χ3v) is 4.62. The van der Waals surface area contributed by atoms with E-state index < -0.39 is 0 Å². The number of halogens is 2. The fourth-order valence-electron chi connectivity index (χ4n) is 2.63. The van der Waals surface area contributed by atoms with Crippen molar-refractivity contribution in [3.8, 4) is 5.75 Å². The molecule has 0 spiro atoms. The maximum absolute atomic E-state index is 12.6. The first-order chi connectivity index (χ1) is 10.5. The topological polar surface area (TPSA) is 56.2 Å². The Morgan fingerprint density at radius 2 is 2.32 bits per heavy atom. The summed E-state index contributed by atoms with van der Waals surface area (Å²) < 4.78 is 8.08. The number of nitrogens with zero attached hydrogens (tertiary/aromatic N) is 2. The van der Waals surface area contributed by atoms with Crippen LogP contribution >= 0.6 is 27.5 Å². The van der Waals surface area contributed by atoms with Crippen LogP contribution < -0.4 is 10.1 Å². The molecule has 116 valence electrons. The molecule has 0 aliphatic carbocycles. The highest BCUT2D eigenvalue weighted by Crippen LogP contribution is 2.34. The molecule has 1 aliphatic heterocycles. The summed E-state index contributed by atoms with van der Waals surface area (Å²) in [5.74, 6) is 0.585. The van der Waals surface area contributed by atoms with Gasteiger partial charge < -0.3 is 10.1 Å². The monoisotopic (exact) mass is 383 g/mol. The van der Waals surface area contributed by atoms with Gasteiger partial charge in [-0.1, -0.05) is 27.5 Å². The van der Waals surface area contributed by atoms with E-state index in [1.165, 1.54) is 4.68 Å². The van der Waals surface area contributed by atoms with Gasteiger partial charge in [0, 0.05) is 23.5 Å². The van der Waals surface area contributed by atoms with Crippen molar-refractivity contribution in [2.75, 3.05) is 6.61 Å². The molecule has 7 heteroatoms. The number of aryl methyl sites for hydroxylation is 2. The summed E-state index contributed by atoms with van der Waals surface area (Å²) in [6.07, 6.45) is 0.714. The molecule has 1 aromatic heterocycles. The molecule has 22 heavy (non-hydrogen) atoms. The van der Waals surface area contributed by atoms with Gasteiger partial charge in [-0.25, -0.2) is 0 Å². The number of nitrogens with one attached hydrogen (secondary N) is 1. The van der Waals surface area contributed by atoms with Gasteiger partial charge in [0.1, 0.15) is 10.9 Å². The van der Waals surface area contributed by atoms with Crippen LogP contribution in [0, 0.1) is 6.92 Å². The van der Waals surface area contributed by atoms with Gasteiger partial charge in [0.15, 0.2) is 0 Å². The number of amides is 1. The molecule has 1 unspecified atom stereocenters. The third kappa shape index (κ3) is 2.73. The zero-order chi connectivity index (χ0) is 15.9. The lowest BCUT2D eigenvalue weighted by Crippen LogP contribution is -2.32. The minimum atomic E-state index is -0.214. The molecule has 2 heterocycles. The molecule has 1 aliphatic rings. The second kappa shape index (κ2) is 5.93. The average molecular weight is 385 g/mol. The molecule has 0 saturated heterocycles. The largest absolute Gasteiger partial charge is 0.493 e. The summed E-state index contributed by atoms with van der Waals surface area (Å²) in [7, 11) is 1.72. The minimum absolute atomic E-state index is 0.107. The molecule has 0 fully saturated rings. The van der Waals surface area contributed by atoms with Crippen LogP contribution in [0.25, 0.3) is 0 Å². The first kappa shape index (κ1) is 15.4.